The molecule has 0 bridgehead atoms. The zero-order chi connectivity index (χ0) is 17.4. The van der Waals surface area contributed by atoms with Gasteiger partial charge in [0.05, 0.1) is 12.6 Å². The summed E-state index contributed by atoms with van der Waals surface area (Å²) in [5.41, 5.74) is 0.338. The average Bonchev–Trinajstić information content (AvgIpc) is 3.31. The Morgan fingerprint density at radius 1 is 1.29 bits per heavy atom. The molecule has 1 aromatic rings. The van der Waals surface area contributed by atoms with Gasteiger partial charge in [-0.05, 0) is 31.2 Å². The number of carbonyl (C=O) groups is 1. The molecule has 3 atom stereocenters. The predicted molar refractivity (Wildman–Crippen MR) is 79.6 cm³/mol. The van der Waals surface area contributed by atoms with Crippen LogP contribution in [0.2, 0.25) is 0 Å². The van der Waals surface area contributed by atoms with Gasteiger partial charge in [-0.3, -0.25) is 4.90 Å². The number of hydrogen-bond acceptors (Lipinski definition) is 3. The number of urea groups is 1. The third kappa shape index (κ3) is 3.17. The summed E-state index contributed by atoms with van der Waals surface area (Å²) in [6.07, 6.45) is 0.547. The van der Waals surface area contributed by atoms with Crippen LogP contribution < -0.4 is 5.32 Å². The molecule has 0 unspecified atom stereocenters. The lowest BCUT2D eigenvalue weighted by atomic mass is 10.1. The molecule has 8 heteroatoms. The van der Waals surface area contributed by atoms with Gasteiger partial charge in [-0.25, -0.2) is 18.0 Å². The van der Waals surface area contributed by atoms with Crippen molar-refractivity contribution in [3.63, 3.8) is 0 Å². The van der Waals surface area contributed by atoms with Gasteiger partial charge in [0.15, 0.2) is 17.5 Å². The van der Waals surface area contributed by atoms with Crippen LogP contribution in [0, 0.1) is 28.8 Å². The lowest BCUT2D eigenvalue weighted by Gasteiger charge is -2.36. The molecule has 1 aromatic carbocycles. The van der Waals surface area contributed by atoms with Crippen molar-refractivity contribution >= 4 is 6.03 Å². The van der Waals surface area contributed by atoms with E-state index in [0.29, 0.717) is 31.6 Å². The minimum atomic E-state index is -1.49. The molecule has 24 heavy (non-hydrogen) atoms. The van der Waals surface area contributed by atoms with E-state index in [-0.39, 0.29) is 24.0 Å². The molecule has 1 saturated heterocycles. The second-order valence-electron chi connectivity index (χ2n) is 6.27. The standard InChI is InChI=1S/C16H17F3N4O/c1-22-2-3-23(8-10(22)7-20)16(24)21-14-6-11(14)9-4-12(17)15(19)13(18)5-9/h4-5,10-11,14H,2-3,6,8H2,1H3,(H,21,24)/t10-,11+,14-/m1/s1. The maximum Gasteiger partial charge on any atom is 0.317 e. The molecule has 1 aliphatic heterocycles. The molecule has 0 spiro atoms. The highest BCUT2D eigenvalue weighted by Gasteiger charge is 2.41. The van der Waals surface area contributed by atoms with Gasteiger partial charge in [-0.15, -0.1) is 0 Å². The summed E-state index contributed by atoms with van der Waals surface area (Å²) in [5.74, 6) is -4.16. The van der Waals surface area contributed by atoms with Crippen LogP contribution in [0.1, 0.15) is 17.9 Å². The summed E-state index contributed by atoms with van der Waals surface area (Å²) in [5, 5.41) is 11.9. The van der Waals surface area contributed by atoms with Gasteiger partial charge >= 0.3 is 6.03 Å². The van der Waals surface area contributed by atoms with Crippen molar-refractivity contribution in [3.8, 4) is 6.07 Å². The van der Waals surface area contributed by atoms with Gasteiger partial charge in [0, 0.05) is 25.0 Å². The molecule has 0 radical (unpaired) electrons. The van der Waals surface area contributed by atoms with E-state index in [1.807, 2.05) is 11.9 Å². The van der Waals surface area contributed by atoms with Crippen LogP contribution in [0.4, 0.5) is 18.0 Å². The summed E-state index contributed by atoms with van der Waals surface area (Å²) in [4.78, 5) is 15.7. The number of nitrogens with one attached hydrogen (secondary N) is 1. The van der Waals surface area contributed by atoms with Crippen molar-refractivity contribution in [2.75, 3.05) is 26.7 Å². The molecule has 1 heterocycles. The second kappa shape index (κ2) is 6.32. The van der Waals surface area contributed by atoms with Crippen molar-refractivity contribution in [2.45, 2.75) is 24.4 Å². The number of amides is 2. The van der Waals surface area contributed by atoms with E-state index in [2.05, 4.69) is 11.4 Å². The predicted octanol–water partition coefficient (Wildman–Crippen LogP) is 1.81. The number of nitrogens with zero attached hydrogens (tertiary/aromatic N) is 3. The first-order valence-corrected chi connectivity index (χ1v) is 7.70. The fourth-order valence-corrected chi connectivity index (χ4v) is 2.96. The quantitative estimate of drug-likeness (QED) is 0.837. The Morgan fingerprint density at radius 2 is 1.96 bits per heavy atom. The normalized spacial score (nSPS) is 26.8. The fraction of sp³-hybridized carbons (Fsp3) is 0.500. The monoisotopic (exact) mass is 338 g/mol. The average molecular weight is 338 g/mol. The molecular weight excluding hydrogens is 321 g/mol. The number of hydrogen-bond donors (Lipinski definition) is 1. The maximum absolute atomic E-state index is 13.3. The van der Waals surface area contributed by atoms with Crippen LogP contribution in [0.5, 0.6) is 0 Å². The summed E-state index contributed by atoms with van der Waals surface area (Å²) in [7, 11) is 1.83. The number of nitriles is 1. The van der Waals surface area contributed by atoms with Crippen LogP contribution in [0.25, 0.3) is 0 Å². The molecule has 1 saturated carbocycles. The van der Waals surface area contributed by atoms with Crippen LogP contribution in [-0.4, -0.2) is 54.6 Å². The molecule has 1 N–H and O–H groups in total. The van der Waals surface area contributed by atoms with E-state index < -0.39 is 17.5 Å². The van der Waals surface area contributed by atoms with Gasteiger partial charge in [0.2, 0.25) is 0 Å². The van der Waals surface area contributed by atoms with Crippen molar-refractivity contribution < 1.29 is 18.0 Å². The van der Waals surface area contributed by atoms with E-state index in [0.717, 1.165) is 12.1 Å². The largest absolute Gasteiger partial charge is 0.335 e. The highest BCUT2D eigenvalue weighted by atomic mass is 19.2. The van der Waals surface area contributed by atoms with Gasteiger partial charge in [0.25, 0.3) is 0 Å². The Morgan fingerprint density at radius 3 is 2.58 bits per heavy atom. The molecule has 2 aliphatic rings. The van der Waals surface area contributed by atoms with E-state index in [4.69, 9.17) is 5.26 Å². The fourth-order valence-electron chi connectivity index (χ4n) is 2.96. The summed E-state index contributed by atoms with van der Waals surface area (Å²) >= 11 is 0. The first-order valence-electron chi connectivity index (χ1n) is 7.70. The highest BCUT2D eigenvalue weighted by molar-refractivity contribution is 5.75. The number of likely N-dealkylation sites (N-methyl/N-ethyl adjacent to an activating group) is 1. The molecule has 1 aliphatic carbocycles. The van der Waals surface area contributed by atoms with Crippen molar-refractivity contribution in [3.05, 3.63) is 35.1 Å². The van der Waals surface area contributed by atoms with Crippen LogP contribution >= 0.6 is 0 Å². The summed E-state index contributed by atoms with van der Waals surface area (Å²) in [6, 6.07) is 3.21. The van der Waals surface area contributed by atoms with E-state index in [9.17, 15) is 18.0 Å². The van der Waals surface area contributed by atoms with Crippen LogP contribution in [0.3, 0.4) is 0 Å². The van der Waals surface area contributed by atoms with E-state index >= 15 is 0 Å². The van der Waals surface area contributed by atoms with Crippen LogP contribution in [-0.2, 0) is 0 Å². The minimum absolute atomic E-state index is 0.224. The topological polar surface area (TPSA) is 59.4 Å². The number of halogens is 3. The highest BCUT2D eigenvalue weighted by Crippen LogP contribution is 2.41. The van der Waals surface area contributed by atoms with E-state index in [1.165, 1.54) is 0 Å². The molecule has 5 nitrogen and oxygen atoms in total. The lowest BCUT2D eigenvalue weighted by Crippen LogP contribution is -2.55. The van der Waals surface area contributed by atoms with Crippen molar-refractivity contribution in [1.29, 1.82) is 5.26 Å². The Hall–Kier alpha value is -2.27. The SMILES string of the molecule is CN1CCN(C(=O)N[C@@H]2C[C@H]2c2cc(F)c(F)c(F)c2)C[C@H]1C#N. The molecule has 2 fully saturated rings. The number of benzene rings is 1. The Kier molecular flexibility index (Phi) is 4.37. The van der Waals surface area contributed by atoms with E-state index in [1.54, 1.807) is 4.90 Å². The smallest absolute Gasteiger partial charge is 0.317 e. The van der Waals surface area contributed by atoms with Gasteiger partial charge in [-0.1, -0.05) is 0 Å². The third-order valence-corrected chi connectivity index (χ3v) is 4.62. The molecule has 128 valence electrons. The Balaban J connectivity index is 1.59. The van der Waals surface area contributed by atoms with Gasteiger partial charge in [-0.2, -0.15) is 5.26 Å². The maximum atomic E-state index is 13.3. The molecule has 0 aromatic heterocycles. The summed E-state index contributed by atoms with van der Waals surface area (Å²) in [6.45, 7) is 1.43. The lowest BCUT2D eigenvalue weighted by molar-refractivity contribution is 0.132. The zero-order valence-electron chi connectivity index (χ0n) is 13.1. The Labute approximate surface area is 137 Å². The van der Waals surface area contributed by atoms with Crippen molar-refractivity contribution in [1.82, 2.24) is 15.1 Å². The summed E-state index contributed by atoms with van der Waals surface area (Å²) < 4.78 is 39.6. The Bertz CT molecular complexity index is 682. The van der Waals surface area contributed by atoms with Gasteiger partial charge in [0.1, 0.15) is 6.04 Å². The molecular formula is C16H17F3N4O. The minimum Gasteiger partial charge on any atom is -0.335 e. The first kappa shape index (κ1) is 16.6. The van der Waals surface area contributed by atoms with Crippen LogP contribution in [0.15, 0.2) is 12.1 Å². The second-order valence-corrected chi connectivity index (χ2v) is 6.27. The van der Waals surface area contributed by atoms with Crippen molar-refractivity contribution in [2.24, 2.45) is 0 Å². The number of rotatable bonds is 2. The number of carbonyl (C=O) groups excluding carboxylic acids is 1. The molecule has 3 rings (SSSR count). The van der Waals surface area contributed by atoms with Gasteiger partial charge < -0.3 is 10.2 Å². The third-order valence-electron chi connectivity index (χ3n) is 4.62. The number of piperazine rings is 1. The zero-order valence-corrected chi connectivity index (χ0v) is 13.1. The first-order chi connectivity index (χ1) is 11.4. The molecule has 2 amide bonds.